The monoisotopic (exact) mass is 627 g/mol. The van der Waals surface area contributed by atoms with Gasteiger partial charge in [-0.25, -0.2) is 9.59 Å². The minimum absolute atomic E-state index is 0.0898. The second-order valence-electron chi connectivity index (χ2n) is 13.5. The van der Waals surface area contributed by atoms with E-state index in [1.165, 1.54) is 21.2 Å². The Hall–Kier alpha value is -4.79. The second kappa shape index (κ2) is 12.2. The Morgan fingerprint density at radius 2 is 1.87 bits per heavy atom. The maximum Gasteiger partial charge on any atom is 0.408 e. The summed E-state index contributed by atoms with van der Waals surface area (Å²) in [5.74, 6) is 0.715. The van der Waals surface area contributed by atoms with Crippen molar-refractivity contribution in [2.75, 3.05) is 42.6 Å². The number of amides is 2. The summed E-state index contributed by atoms with van der Waals surface area (Å²) in [6, 6.07) is 14.6. The molecule has 2 N–H and O–H groups in total. The first-order valence-corrected chi connectivity index (χ1v) is 15.8. The van der Waals surface area contributed by atoms with Gasteiger partial charge in [0.15, 0.2) is 0 Å². The van der Waals surface area contributed by atoms with E-state index in [1.807, 2.05) is 20.8 Å². The highest BCUT2D eigenvalue weighted by molar-refractivity contribution is 5.97. The third kappa shape index (κ3) is 6.59. The van der Waals surface area contributed by atoms with E-state index in [4.69, 9.17) is 19.4 Å². The van der Waals surface area contributed by atoms with Gasteiger partial charge < -0.3 is 34.6 Å². The average molecular weight is 628 g/mol. The number of nitrogens with one attached hydrogen (secondary N) is 1. The number of fused-ring (bicyclic) bond motifs is 2. The lowest BCUT2D eigenvalue weighted by Crippen LogP contribution is -2.55. The van der Waals surface area contributed by atoms with E-state index in [-0.39, 0.29) is 25.6 Å². The zero-order valence-corrected chi connectivity index (χ0v) is 26.9. The lowest BCUT2D eigenvalue weighted by molar-refractivity contribution is 0.0474. The number of ether oxygens (including phenoxy) is 2. The Bertz CT molecular complexity index is 1690. The molecule has 6 rings (SSSR count). The van der Waals surface area contributed by atoms with Crippen LogP contribution >= 0.6 is 0 Å². The van der Waals surface area contributed by atoms with Gasteiger partial charge in [0.05, 0.1) is 36.3 Å². The third-order valence-electron chi connectivity index (χ3n) is 8.91. The summed E-state index contributed by atoms with van der Waals surface area (Å²) in [5.41, 5.74) is 3.05. The molecule has 12 nitrogen and oxygen atoms in total. The van der Waals surface area contributed by atoms with Gasteiger partial charge in [0.25, 0.3) is 0 Å². The maximum atomic E-state index is 12.5. The van der Waals surface area contributed by atoms with Crippen molar-refractivity contribution >= 4 is 34.5 Å². The Balaban J connectivity index is 1.31. The van der Waals surface area contributed by atoms with Gasteiger partial charge in [-0.15, -0.1) is 0 Å². The van der Waals surface area contributed by atoms with Crippen molar-refractivity contribution in [1.82, 2.24) is 20.2 Å². The van der Waals surface area contributed by atoms with Crippen LogP contribution < -0.4 is 19.9 Å². The van der Waals surface area contributed by atoms with Crippen LogP contribution in [-0.2, 0) is 17.7 Å². The van der Waals surface area contributed by atoms with Crippen LogP contribution in [0.5, 0.6) is 6.01 Å². The van der Waals surface area contributed by atoms with Gasteiger partial charge in [0.1, 0.15) is 18.0 Å². The van der Waals surface area contributed by atoms with E-state index < -0.39 is 29.4 Å². The molecule has 2 fully saturated rings. The molecule has 1 saturated carbocycles. The minimum Gasteiger partial charge on any atom is -0.465 e. The minimum atomic E-state index is -1.03. The number of aromatic nitrogens is 2. The Morgan fingerprint density at radius 1 is 1.11 bits per heavy atom. The zero-order valence-electron chi connectivity index (χ0n) is 26.9. The van der Waals surface area contributed by atoms with E-state index in [0.717, 1.165) is 36.3 Å². The molecular weight excluding hydrogens is 586 g/mol. The predicted octanol–water partition coefficient (Wildman–Crippen LogP) is 5.02. The molecular formula is C34H41N7O5. The summed E-state index contributed by atoms with van der Waals surface area (Å²) in [4.78, 5) is 40.0. The van der Waals surface area contributed by atoms with Gasteiger partial charge in [0.2, 0.25) is 0 Å². The first kappa shape index (κ1) is 31.2. The van der Waals surface area contributed by atoms with E-state index >= 15 is 0 Å². The molecule has 3 aliphatic rings. The summed E-state index contributed by atoms with van der Waals surface area (Å²) in [5, 5.41) is 24.6. The number of hydrogen-bond acceptors (Lipinski definition) is 9. The highest BCUT2D eigenvalue weighted by Crippen LogP contribution is 2.38. The predicted molar refractivity (Wildman–Crippen MR) is 173 cm³/mol. The van der Waals surface area contributed by atoms with Crippen LogP contribution in [0, 0.1) is 18.3 Å². The molecule has 242 valence electrons. The van der Waals surface area contributed by atoms with E-state index in [1.54, 1.807) is 0 Å². The van der Waals surface area contributed by atoms with Crippen LogP contribution in [0.25, 0.3) is 10.8 Å². The van der Waals surface area contributed by atoms with Crippen LogP contribution in [0.1, 0.15) is 56.9 Å². The van der Waals surface area contributed by atoms with Crippen LogP contribution in [0.3, 0.4) is 0 Å². The smallest absolute Gasteiger partial charge is 0.408 e. The van der Waals surface area contributed by atoms with Gasteiger partial charge in [0, 0.05) is 42.8 Å². The first-order valence-electron chi connectivity index (χ1n) is 15.8. The number of piperazine rings is 1. The zero-order chi connectivity index (χ0) is 32.6. The van der Waals surface area contributed by atoms with Crippen LogP contribution in [-0.4, -0.2) is 82.1 Å². The highest BCUT2D eigenvalue weighted by Gasteiger charge is 2.46. The fourth-order valence-electron chi connectivity index (χ4n) is 6.45. The molecule has 3 aromatic rings. The number of nitriles is 1. The lowest BCUT2D eigenvalue weighted by atomic mass is 9.99. The number of benzene rings is 2. The summed E-state index contributed by atoms with van der Waals surface area (Å²) < 4.78 is 11.7. The van der Waals surface area contributed by atoms with Crippen molar-refractivity contribution in [2.45, 2.75) is 77.1 Å². The quantitative estimate of drug-likeness (QED) is 0.366. The number of carbonyl (C=O) groups excluding carboxylic acids is 1. The second-order valence-corrected chi connectivity index (χ2v) is 13.5. The van der Waals surface area contributed by atoms with Crippen molar-refractivity contribution < 1.29 is 24.2 Å². The number of hydrogen-bond donors (Lipinski definition) is 2. The Morgan fingerprint density at radius 3 is 2.57 bits per heavy atom. The molecule has 1 saturated heterocycles. The molecule has 1 aliphatic carbocycles. The summed E-state index contributed by atoms with van der Waals surface area (Å²) in [7, 11) is 0. The summed E-state index contributed by atoms with van der Waals surface area (Å²) in [6.07, 6.45) is 0.783. The van der Waals surface area contributed by atoms with Gasteiger partial charge >= 0.3 is 18.2 Å². The van der Waals surface area contributed by atoms with Crippen molar-refractivity contribution in [2.24, 2.45) is 0 Å². The molecule has 46 heavy (non-hydrogen) atoms. The molecule has 0 spiro atoms. The van der Waals surface area contributed by atoms with Crippen LogP contribution in [0.4, 0.5) is 21.1 Å². The number of carbonyl (C=O) groups is 2. The van der Waals surface area contributed by atoms with E-state index in [2.05, 4.69) is 64.5 Å². The SMILES string of the molecule is Cc1cccc2cccc(N3CCc4c(nc(OCC5(NC(=O)OC(C)(C)C)CC5)nc4N4CCN(C(=O)O)C(CC#N)C4)C3)c12. The third-order valence-corrected chi connectivity index (χ3v) is 8.91. The van der Waals surface area contributed by atoms with Crippen molar-refractivity contribution in [3.8, 4) is 12.1 Å². The molecule has 2 aliphatic heterocycles. The molecule has 2 aromatic carbocycles. The largest absolute Gasteiger partial charge is 0.465 e. The van der Waals surface area contributed by atoms with Crippen LogP contribution in [0.2, 0.25) is 0 Å². The van der Waals surface area contributed by atoms with Gasteiger partial charge in [-0.1, -0.05) is 30.3 Å². The topological polar surface area (TPSA) is 144 Å². The highest BCUT2D eigenvalue weighted by atomic mass is 16.6. The molecule has 1 aromatic heterocycles. The van der Waals surface area contributed by atoms with Crippen molar-refractivity contribution in [3.63, 3.8) is 0 Å². The number of aryl methyl sites for hydroxylation is 1. The number of carboxylic acid groups (broad SMARTS) is 1. The number of alkyl carbamates (subject to hydrolysis) is 1. The molecule has 2 amide bonds. The average Bonchev–Trinajstić information content (AvgIpc) is 3.77. The Labute approximate surface area is 268 Å². The maximum absolute atomic E-state index is 12.5. The number of nitrogens with zero attached hydrogens (tertiary/aromatic N) is 6. The molecule has 12 heteroatoms. The Kier molecular flexibility index (Phi) is 8.27. The first-order chi connectivity index (χ1) is 21.9. The number of anilines is 2. The molecule has 3 heterocycles. The van der Waals surface area contributed by atoms with Gasteiger partial charge in [-0.05, 0) is 64.0 Å². The van der Waals surface area contributed by atoms with Gasteiger partial charge in [-0.2, -0.15) is 15.2 Å². The van der Waals surface area contributed by atoms with Crippen LogP contribution in [0.15, 0.2) is 36.4 Å². The molecule has 1 unspecified atom stereocenters. The van der Waals surface area contributed by atoms with Gasteiger partial charge in [-0.3, -0.25) is 0 Å². The van der Waals surface area contributed by atoms with E-state index in [9.17, 15) is 20.0 Å². The standard InChI is InChI=1S/C34H41N7O5/c1-22-7-5-8-23-9-6-10-27(28(22)23)39-16-12-25-26(20-39)36-30(45-21-34(13-14-34)38-31(42)46-33(2,3)4)37-29(25)40-17-18-41(32(43)44)24(19-40)11-15-35/h5-10,24H,11-14,16-21H2,1-4H3,(H,38,42)(H,43,44). The van der Waals surface area contributed by atoms with Crippen molar-refractivity contribution in [1.29, 1.82) is 5.26 Å². The summed E-state index contributed by atoms with van der Waals surface area (Å²) >= 11 is 0. The van der Waals surface area contributed by atoms with Crippen molar-refractivity contribution in [3.05, 3.63) is 53.2 Å². The molecule has 0 bridgehead atoms. The fourth-order valence-corrected chi connectivity index (χ4v) is 6.45. The normalized spacial score (nSPS) is 18.8. The molecule has 1 atom stereocenters. The summed E-state index contributed by atoms with van der Waals surface area (Å²) in [6.45, 7) is 10.2. The molecule has 0 radical (unpaired) electrons. The lowest BCUT2D eigenvalue weighted by Gasteiger charge is -2.41. The fraction of sp³-hybridized carbons (Fsp3) is 0.500. The van der Waals surface area contributed by atoms with E-state index in [0.29, 0.717) is 31.9 Å². The number of rotatable bonds is 7.